The number of nitrogens with one attached hydrogen (secondary N) is 2. The SMILES string of the molecule is CC(C)NC1CCN(C(C)C(=O)Nc2ccc(Cl)c(S(=O)(=O)N(C)C)c2)CC1. The minimum absolute atomic E-state index is 0.0230. The van der Waals surface area contributed by atoms with E-state index in [0.29, 0.717) is 17.8 Å². The van der Waals surface area contributed by atoms with Crippen molar-refractivity contribution in [2.45, 2.75) is 56.6 Å². The van der Waals surface area contributed by atoms with E-state index in [1.165, 1.54) is 26.2 Å². The summed E-state index contributed by atoms with van der Waals surface area (Å²) < 4.78 is 25.9. The lowest BCUT2D eigenvalue weighted by molar-refractivity contribution is -0.121. The van der Waals surface area contributed by atoms with Crippen LogP contribution in [0.2, 0.25) is 5.02 Å². The lowest BCUT2D eigenvalue weighted by Gasteiger charge is -2.36. The number of carbonyl (C=O) groups excluding carboxylic acids is 1. The van der Waals surface area contributed by atoms with E-state index < -0.39 is 10.0 Å². The van der Waals surface area contributed by atoms with Crippen LogP contribution in [0.4, 0.5) is 5.69 Å². The summed E-state index contributed by atoms with van der Waals surface area (Å²) in [6.07, 6.45) is 2.00. The summed E-state index contributed by atoms with van der Waals surface area (Å²) in [5, 5.41) is 6.49. The molecule has 0 aliphatic carbocycles. The molecule has 1 amide bonds. The molecule has 158 valence electrons. The minimum atomic E-state index is -3.69. The first kappa shape index (κ1) is 23.1. The van der Waals surface area contributed by atoms with E-state index in [-0.39, 0.29) is 21.9 Å². The van der Waals surface area contributed by atoms with Gasteiger partial charge in [0, 0.05) is 45.0 Å². The maximum Gasteiger partial charge on any atom is 0.244 e. The van der Waals surface area contributed by atoms with Crippen molar-refractivity contribution >= 4 is 33.2 Å². The second-order valence-electron chi connectivity index (χ2n) is 7.73. The molecular weight excluding hydrogens is 400 g/mol. The molecule has 1 aliphatic heterocycles. The Bertz CT molecular complexity index is 790. The monoisotopic (exact) mass is 430 g/mol. The van der Waals surface area contributed by atoms with Crippen LogP contribution >= 0.6 is 11.6 Å². The lowest BCUT2D eigenvalue weighted by atomic mass is 10.0. The van der Waals surface area contributed by atoms with Crippen LogP contribution in [0.5, 0.6) is 0 Å². The molecule has 1 unspecified atom stereocenters. The predicted octanol–water partition coefficient (Wildman–Crippen LogP) is 2.38. The quantitative estimate of drug-likeness (QED) is 0.694. The second-order valence-corrected chi connectivity index (χ2v) is 10.3. The van der Waals surface area contributed by atoms with Gasteiger partial charge in [-0.05, 0) is 38.0 Å². The van der Waals surface area contributed by atoms with E-state index in [2.05, 4.69) is 29.4 Å². The molecule has 1 aromatic carbocycles. The average Bonchev–Trinajstić information content (AvgIpc) is 2.62. The van der Waals surface area contributed by atoms with Crippen molar-refractivity contribution in [2.75, 3.05) is 32.5 Å². The molecule has 1 fully saturated rings. The molecule has 0 bridgehead atoms. The number of rotatable bonds is 7. The van der Waals surface area contributed by atoms with Gasteiger partial charge < -0.3 is 10.6 Å². The number of halogens is 1. The maximum absolute atomic E-state index is 12.7. The Morgan fingerprint density at radius 2 is 1.82 bits per heavy atom. The number of amides is 1. The van der Waals surface area contributed by atoms with Crippen molar-refractivity contribution in [3.05, 3.63) is 23.2 Å². The van der Waals surface area contributed by atoms with Gasteiger partial charge in [-0.15, -0.1) is 0 Å². The molecule has 1 saturated heterocycles. The van der Waals surface area contributed by atoms with Crippen LogP contribution in [-0.4, -0.2) is 68.8 Å². The molecule has 1 aliphatic rings. The van der Waals surface area contributed by atoms with Gasteiger partial charge in [0.1, 0.15) is 4.90 Å². The zero-order valence-electron chi connectivity index (χ0n) is 17.2. The van der Waals surface area contributed by atoms with Gasteiger partial charge >= 0.3 is 0 Å². The van der Waals surface area contributed by atoms with Crippen LogP contribution in [0.3, 0.4) is 0 Å². The normalized spacial score (nSPS) is 17.9. The van der Waals surface area contributed by atoms with Crippen LogP contribution in [0.1, 0.15) is 33.6 Å². The first-order valence-electron chi connectivity index (χ1n) is 9.55. The van der Waals surface area contributed by atoms with Gasteiger partial charge in [-0.1, -0.05) is 25.4 Å². The number of nitrogens with zero attached hydrogens (tertiary/aromatic N) is 2. The Morgan fingerprint density at radius 1 is 1.21 bits per heavy atom. The average molecular weight is 431 g/mol. The highest BCUT2D eigenvalue weighted by atomic mass is 35.5. The molecule has 1 aromatic rings. The van der Waals surface area contributed by atoms with E-state index in [1.807, 2.05) is 6.92 Å². The smallest absolute Gasteiger partial charge is 0.244 e. The fourth-order valence-electron chi connectivity index (χ4n) is 3.31. The number of hydrogen-bond acceptors (Lipinski definition) is 5. The molecule has 28 heavy (non-hydrogen) atoms. The van der Waals surface area contributed by atoms with Crippen molar-refractivity contribution in [1.82, 2.24) is 14.5 Å². The fraction of sp³-hybridized carbons (Fsp3) is 0.632. The van der Waals surface area contributed by atoms with Crippen LogP contribution in [0.15, 0.2) is 23.1 Å². The standard InChI is InChI=1S/C19H31ClN4O3S/c1-13(2)21-15-8-10-24(11-9-15)14(3)19(25)22-16-6-7-17(20)18(12-16)28(26,27)23(4)5/h6-7,12-15,21H,8-11H2,1-5H3,(H,22,25). The summed E-state index contributed by atoms with van der Waals surface area (Å²) in [4.78, 5) is 14.8. The third-order valence-corrected chi connectivity index (χ3v) is 7.28. The van der Waals surface area contributed by atoms with Gasteiger partial charge in [0.15, 0.2) is 0 Å². The first-order chi connectivity index (χ1) is 13.0. The number of piperidine rings is 1. The highest BCUT2D eigenvalue weighted by Crippen LogP contribution is 2.27. The third kappa shape index (κ3) is 5.67. The van der Waals surface area contributed by atoms with Gasteiger partial charge in [0.2, 0.25) is 15.9 Å². The Hall–Kier alpha value is -1.19. The largest absolute Gasteiger partial charge is 0.325 e. The molecule has 7 nitrogen and oxygen atoms in total. The summed E-state index contributed by atoms with van der Waals surface area (Å²) in [5.74, 6) is -0.161. The van der Waals surface area contributed by atoms with Crippen molar-refractivity contribution in [3.63, 3.8) is 0 Å². The van der Waals surface area contributed by atoms with E-state index in [4.69, 9.17) is 11.6 Å². The number of likely N-dealkylation sites (tertiary alicyclic amines) is 1. The summed E-state index contributed by atoms with van der Waals surface area (Å²) in [7, 11) is -0.808. The van der Waals surface area contributed by atoms with Crippen LogP contribution in [-0.2, 0) is 14.8 Å². The Kier molecular flexibility index (Phi) is 7.87. The van der Waals surface area contributed by atoms with E-state index in [9.17, 15) is 13.2 Å². The molecule has 1 atom stereocenters. The first-order valence-corrected chi connectivity index (χ1v) is 11.4. The minimum Gasteiger partial charge on any atom is -0.325 e. The predicted molar refractivity (Wildman–Crippen MR) is 113 cm³/mol. The summed E-state index contributed by atoms with van der Waals surface area (Å²) >= 11 is 6.06. The van der Waals surface area contributed by atoms with Crippen molar-refractivity contribution in [1.29, 1.82) is 0 Å². The number of sulfonamides is 1. The Balaban J connectivity index is 2.03. The van der Waals surface area contributed by atoms with Crippen molar-refractivity contribution in [3.8, 4) is 0 Å². The molecular formula is C19H31ClN4O3S. The number of hydrogen-bond donors (Lipinski definition) is 2. The second kappa shape index (κ2) is 9.54. The number of carbonyl (C=O) groups is 1. The van der Waals surface area contributed by atoms with Crippen molar-refractivity contribution in [2.24, 2.45) is 0 Å². The van der Waals surface area contributed by atoms with Crippen LogP contribution in [0.25, 0.3) is 0 Å². The highest BCUT2D eigenvalue weighted by molar-refractivity contribution is 7.89. The maximum atomic E-state index is 12.7. The van der Waals surface area contributed by atoms with Gasteiger partial charge in [-0.3, -0.25) is 9.69 Å². The molecule has 1 heterocycles. The van der Waals surface area contributed by atoms with E-state index >= 15 is 0 Å². The lowest BCUT2D eigenvalue weighted by Crippen LogP contribution is -2.50. The van der Waals surface area contributed by atoms with Crippen molar-refractivity contribution < 1.29 is 13.2 Å². The molecule has 9 heteroatoms. The van der Waals surface area contributed by atoms with Gasteiger partial charge in [0.25, 0.3) is 0 Å². The molecule has 0 spiro atoms. The van der Waals surface area contributed by atoms with Gasteiger partial charge in [0.05, 0.1) is 11.1 Å². The summed E-state index contributed by atoms with van der Waals surface area (Å²) in [6.45, 7) is 7.84. The fourth-order valence-corrected chi connectivity index (χ4v) is 4.71. The Morgan fingerprint density at radius 3 is 2.36 bits per heavy atom. The van der Waals surface area contributed by atoms with E-state index in [0.717, 1.165) is 30.2 Å². The van der Waals surface area contributed by atoms with Gasteiger partial charge in [-0.25, -0.2) is 12.7 Å². The van der Waals surface area contributed by atoms with Crippen LogP contribution < -0.4 is 10.6 Å². The summed E-state index contributed by atoms with van der Waals surface area (Å²) in [5.41, 5.74) is 0.415. The summed E-state index contributed by atoms with van der Waals surface area (Å²) in [6, 6.07) is 5.14. The molecule has 0 aromatic heterocycles. The number of anilines is 1. The third-order valence-electron chi connectivity index (χ3n) is 4.98. The zero-order chi connectivity index (χ0) is 21.1. The highest BCUT2D eigenvalue weighted by Gasteiger charge is 2.27. The van der Waals surface area contributed by atoms with E-state index in [1.54, 1.807) is 6.07 Å². The zero-order valence-corrected chi connectivity index (χ0v) is 18.8. The molecule has 0 radical (unpaired) electrons. The molecule has 2 rings (SSSR count). The Labute approximate surface area is 173 Å². The topological polar surface area (TPSA) is 81.8 Å². The molecule has 0 saturated carbocycles. The number of benzene rings is 1. The van der Waals surface area contributed by atoms with Gasteiger partial charge in [-0.2, -0.15) is 0 Å². The van der Waals surface area contributed by atoms with Crippen LogP contribution in [0, 0.1) is 0 Å². The molecule has 2 N–H and O–H groups in total.